The average molecular weight is 378 g/mol. The van der Waals surface area contributed by atoms with Gasteiger partial charge in [0.05, 0.1) is 0 Å². The highest BCUT2D eigenvalue weighted by molar-refractivity contribution is 5.74. The number of carbonyl (C=O) groups is 2. The predicted octanol–water partition coefficient (Wildman–Crippen LogP) is 3.66. The van der Waals surface area contributed by atoms with Crippen LogP contribution < -0.4 is 18.9 Å². The lowest BCUT2D eigenvalue weighted by Gasteiger charge is -2.12. The van der Waals surface area contributed by atoms with Crippen molar-refractivity contribution in [3.63, 3.8) is 0 Å². The van der Waals surface area contributed by atoms with E-state index in [2.05, 4.69) is 0 Å². The Balaban J connectivity index is 1.51. The highest BCUT2D eigenvalue weighted by atomic mass is 16.6. The maximum absolute atomic E-state index is 11.9. The van der Waals surface area contributed by atoms with Crippen LogP contribution in [0.3, 0.4) is 0 Å². The van der Waals surface area contributed by atoms with Crippen molar-refractivity contribution in [1.82, 2.24) is 0 Å². The van der Waals surface area contributed by atoms with E-state index in [1.807, 2.05) is 12.1 Å². The molecule has 0 atom stereocenters. The van der Waals surface area contributed by atoms with Crippen LogP contribution in [-0.2, 0) is 9.59 Å². The predicted molar refractivity (Wildman–Crippen MR) is 102 cm³/mol. The van der Waals surface area contributed by atoms with Gasteiger partial charge in [-0.1, -0.05) is 48.5 Å². The molecule has 6 heteroatoms. The van der Waals surface area contributed by atoms with Crippen molar-refractivity contribution in [3.05, 3.63) is 84.9 Å². The van der Waals surface area contributed by atoms with Crippen molar-refractivity contribution in [2.45, 2.75) is 0 Å². The van der Waals surface area contributed by atoms with Crippen LogP contribution in [-0.4, -0.2) is 25.2 Å². The maximum atomic E-state index is 11.9. The van der Waals surface area contributed by atoms with Crippen LogP contribution in [0.5, 0.6) is 23.0 Å². The molecule has 0 amide bonds. The lowest BCUT2D eigenvalue weighted by molar-refractivity contribution is -0.138. The van der Waals surface area contributed by atoms with Gasteiger partial charge >= 0.3 is 11.9 Å². The molecule has 0 N–H and O–H groups in total. The van der Waals surface area contributed by atoms with Crippen LogP contribution in [0.1, 0.15) is 0 Å². The molecule has 0 aromatic heterocycles. The number of para-hydroxylation sites is 4. The topological polar surface area (TPSA) is 71.1 Å². The van der Waals surface area contributed by atoms with E-state index in [9.17, 15) is 9.59 Å². The second-order valence-corrected chi connectivity index (χ2v) is 5.60. The van der Waals surface area contributed by atoms with Crippen LogP contribution >= 0.6 is 0 Å². The van der Waals surface area contributed by atoms with Crippen molar-refractivity contribution in [1.29, 1.82) is 0 Å². The zero-order chi connectivity index (χ0) is 19.6. The largest absolute Gasteiger partial charge is 0.478 e. The number of hydrogen-bond donors (Lipinski definition) is 0. The van der Waals surface area contributed by atoms with Gasteiger partial charge < -0.3 is 18.9 Å². The first-order chi connectivity index (χ1) is 13.7. The van der Waals surface area contributed by atoms with E-state index >= 15 is 0 Å². The van der Waals surface area contributed by atoms with E-state index in [-0.39, 0.29) is 13.2 Å². The van der Waals surface area contributed by atoms with Crippen LogP contribution in [0.2, 0.25) is 0 Å². The normalized spacial score (nSPS) is 10.0. The Kier molecular flexibility index (Phi) is 6.62. The molecule has 0 spiro atoms. The molecule has 0 saturated heterocycles. The van der Waals surface area contributed by atoms with Crippen molar-refractivity contribution in [2.24, 2.45) is 0 Å². The zero-order valence-electron chi connectivity index (χ0n) is 14.9. The molecule has 3 rings (SSSR count). The second-order valence-electron chi connectivity index (χ2n) is 5.60. The van der Waals surface area contributed by atoms with Crippen LogP contribution in [0.4, 0.5) is 0 Å². The van der Waals surface area contributed by atoms with E-state index in [1.165, 1.54) is 0 Å². The van der Waals surface area contributed by atoms with Crippen molar-refractivity contribution < 1.29 is 28.5 Å². The summed E-state index contributed by atoms with van der Waals surface area (Å²) >= 11 is 0. The molecule has 0 aliphatic heterocycles. The number of benzene rings is 3. The third kappa shape index (κ3) is 5.88. The van der Waals surface area contributed by atoms with Gasteiger partial charge in [0, 0.05) is 0 Å². The number of rotatable bonds is 8. The van der Waals surface area contributed by atoms with Gasteiger partial charge in [-0.25, -0.2) is 9.59 Å². The zero-order valence-corrected chi connectivity index (χ0v) is 14.9. The number of ether oxygens (including phenoxy) is 4. The molecule has 6 nitrogen and oxygen atoms in total. The van der Waals surface area contributed by atoms with Crippen LogP contribution in [0.25, 0.3) is 0 Å². The third-order valence-corrected chi connectivity index (χ3v) is 3.49. The summed E-state index contributed by atoms with van der Waals surface area (Å²) in [5, 5.41) is 0. The fraction of sp³-hybridized carbons (Fsp3) is 0.0909. The highest BCUT2D eigenvalue weighted by Gasteiger charge is 2.12. The van der Waals surface area contributed by atoms with Crippen molar-refractivity contribution >= 4 is 11.9 Å². The molecule has 0 aliphatic carbocycles. The molecule has 0 fully saturated rings. The van der Waals surface area contributed by atoms with Crippen LogP contribution in [0.15, 0.2) is 84.9 Å². The van der Waals surface area contributed by atoms with Gasteiger partial charge in [0.1, 0.15) is 11.5 Å². The average Bonchev–Trinajstić information content (AvgIpc) is 2.73. The number of carbonyl (C=O) groups excluding carboxylic acids is 2. The van der Waals surface area contributed by atoms with Gasteiger partial charge in [0.2, 0.25) is 0 Å². The van der Waals surface area contributed by atoms with Gasteiger partial charge in [0.25, 0.3) is 0 Å². The fourth-order valence-corrected chi connectivity index (χ4v) is 2.26. The molecule has 3 aromatic rings. The first kappa shape index (κ1) is 19.0. The lowest BCUT2D eigenvalue weighted by Crippen LogP contribution is -2.19. The molecule has 0 bridgehead atoms. The van der Waals surface area contributed by atoms with E-state index in [0.29, 0.717) is 23.0 Å². The minimum atomic E-state index is -0.551. The van der Waals surface area contributed by atoms with Crippen molar-refractivity contribution in [2.75, 3.05) is 13.2 Å². The first-order valence-electron chi connectivity index (χ1n) is 8.57. The molecule has 142 valence electrons. The van der Waals surface area contributed by atoms with E-state index in [1.54, 1.807) is 72.8 Å². The Hall–Kier alpha value is -3.80. The summed E-state index contributed by atoms with van der Waals surface area (Å²) in [4.78, 5) is 23.8. The van der Waals surface area contributed by atoms with E-state index in [4.69, 9.17) is 18.9 Å². The smallest absolute Gasteiger partial charge is 0.349 e. The minimum absolute atomic E-state index is 0.302. The number of esters is 2. The summed E-state index contributed by atoms with van der Waals surface area (Å²) in [5.74, 6) is 0.405. The van der Waals surface area contributed by atoms with Crippen LogP contribution in [0, 0.1) is 0 Å². The second kappa shape index (κ2) is 9.78. The molecule has 0 radical (unpaired) electrons. The Morgan fingerprint density at radius 3 is 1.29 bits per heavy atom. The Morgan fingerprint density at radius 2 is 0.893 bits per heavy atom. The first-order valence-corrected chi connectivity index (χ1v) is 8.57. The monoisotopic (exact) mass is 378 g/mol. The molecule has 0 heterocycles. The van der Waals surface area contributed by atoms with Gasteiger partial charge in [-0.05, 0) is 36.4 Å². The summed E-state index contributed by atoms with van der Waals surface area (Å²) in [5.41, 5.74) is 0. The van der Waals surface area contributed by atoms with Gasteiger partial charge in [-0.3, -0.25) is 0 Å². The lowest BCUT2D eigenvalue weighted by atomic mass is 10.3. The maximum Gasteiger partial charge on any atom is 0.349 e. The molecular formula is C22H18O6. The standard InChI is InChI=1S/C22H18O6/c23-21(27-17-9-3-1-4-10-17)15-25-19-13-7-8-14-20(19)26-16-22(24)28-18-11-5-2-6-12-18/h1-14H,15-16H2. The molecule has 0 saturated carbocycles. The highest BCUT2D eigenvalue weighted by Crippen LogP contribution is 2.26. The molecule has 0 unspecified atom stereocenters. The Morgan fingerprint density at radius 1 is 0.536 bits per heavy atom. The molecule has 0 aliphatic rings. The van der Waals surface area contributed by atoms with E-state index < -0.39 is 11.9 Å². The summed E-state index contributed by atoms with van der Waals surface area (Å²) in [6, 6.07) is 24.1. The molecule has 3 aromatic carbocycles. The molecule has 28 heavy (non-hydrogen) atoms. The summed E-state index contributed by atoms with van der Waals surface area (Å²) < 4.78 is 21.3. The van der Waals surface area contributed by atoms with Gasteiger partial charge in [0.15, 0.2) is 24.7 Å². The van der Waals surface area contributed by atoms with E-state index in [0.717, 1.165) is 0 Å². The minimum Gasteiger partial charge on any atom is -0.478 e. The Labute approximate surface area is 162 Å². The summed E-state index contributed by atoms with van der Waals surface area (Å²) in [6.07, 6.45) is 0. The van der Waals surface area contributed by atoms with Gasteiger partial charge in [-0.2, -0.15) is 0 Å². The van der Waals surface area contributed by atoms with Gasteiger partial charge in [-0.15, -0.1) is 0 Å². The Bertz CT molecular complexity index is 832. The number of hydrogen-bond acceptors (Lipinski definition) is 6. The summed E-state index contributed by atoms with van der Waals surface area (Å²) in [7, 11) is 0. The third-order valence-electron chi connectivity index (χ3n) is 3.49. The SMILES string of the molecule is O=C(COc1ccccc1OCC(=O)Oc1ccccc1)Oc1ccccc1. The molecular weight excluding hydrogens is 360 g/mol. The quantitative estimate of drug-likeness (QED) is 0.440. The summed E-state index contributed by atoms with van der Waals surface area (Å²) in [6.45, 7) is -0.604. The van der Waals surface area contributed by atoms with Crippen molar-refractivity contribution in [3.8, 4) is 23.0 Å². The fourth-order valence-electron chi connectivity index (χ4n) is 2.26.